The smallest absolute Gasteiger partial charge is 0.333 e. The van der Waals surface area contributed by atoms with Crippen LogP contribution >= 0.6 is 43.5 Å². The zero-order chi connectivity index (χ0) is 28.6. The quantitative estimate of drug-likeness (QED) is 0.199. The number of imidazole rings is 1. The number of aromatic nitrogens is 2. The van der Waals surface area contributed by atoms with Crippen molar-refractivity contribution in [2.24, 2.45) is 0 Å². The number of carbonyl (C=O) groups is 2. The summed E-state index contributed by atoms with van der Waals surface area (Å²) in [6, 6.07) is 19.9. The molecule has 0 saturated heterocycles. The maximum absolute atomic E-state index is 14.0. The van der Waals surface area contributed by atoms with E-state index in [4.69, 9.17) is 16.3 Å². The topological polar surface area (TPSA) is 73.5 Å². The number of Topliss-reactive ketones (excluding diaryl/α,β-unsaturated/α-hetero) is 1. The Morgan fingerprint density at radius 3 is 2.35 bits per heavy atom. The molecule has 5 rings (SSSR count). The van der Waals surface area contributed by atoms with Gasteiger partial charge in [-0.25, -0.2) is 4.79 Å². The minimum absolute atomic E-state index is 0.0817. The number of fused-ring (bicyclic) bond motifs is 1. The minimum Gasteiger partial charge on any atom is -0.497 e. The molecule has 0 radical (unpaired) electrons. The predicted octanol–water partition coefficient (Wildman–Crippen LogP) is 6.86. The zero-order valence-corrected chi connectivity index (χ0v) is 25.8. The second kappa shape index (κ2) is 11.8. The molecule has 0 N–H and O–H groups in total. The van der Waals surface area contributed by atoms with Gasteiger partial charge in [-0.2, -0.15) is 0 Å². The number of halogens is 3. The lowest BCUT2D eigenvalue weighted by Gasteiger charge is -2.28. The summed E-state index contributed by atoms with van der Waals surface area (Å²) in [5, 5.41) is 0.434. The highest BCUT2D eigenvalue weighted by atomic mass is 79.9. The van der Waals surface area contributed by atoms with Gasteiger partial charge in [-0.15, -0.1) is 0 Å². The molecule has 0 unspecified atom stereocenters. The molecule has 4 aromatic rings. The summed E-state index contributed by atoms with van der Waals surface area (Å²) in [5.74, 6) is 0.175. The minimum atomic E-state index is -0.307. The van der Waals surface area contributed by atoms with Crippen LogP contribution in [0.25, 0.3) is 5.69 Å². The van der Waals surface area contributed by atoms with Gasteiger partial charge in [0.25, 0.3) is 5.91 Å². The first kappa shape index (κ1) is 28.4. The molecule has 0 saturated carbocycles. The van der Waals surface area contributed by atoms with Crippen LogP contribution in [0, 0.1) is 0 Å². The van der Waals surface area contributed by atoms with Crippen molar-refractivity contribution in [2.75, 3.05) is 13.7 Å². The first-order valence-electron chi connectivity index (χ1n) is 12.7. The van der Waals surface area contributed by atoms with Crippen LogP contribution in [0.3, 0.4) is 0 Å². The fourth-order valence-electron chi connectivity index (χ4n) is 4.99. The van der Waals surface area contributed by atoms with E-state index in [-0.39, 0.29) is 42.8 Å². The van der Waals surface area contributed by atoms with Crippen LogP contribution < -0.4 is 10.4 Å². The van der Waals surface area contributed by atoms with E-state index in [1.54, 1.807) is 59.0 Å². The highest BCUT2D eigenvalue weighted by Crippen LogP contribution is 2.29. The third-order valence-electron chi connectivity index (χ3n) is 7.16. The molecule has 0 bridgehead atoms. The Balaban J connectivity index is 1.55. The van der Waals surface area contributed by atoms with Gasteiger partial charge in [0.15, 0.2) is 5.78 Å². The van der Waals surface area contributed by atoms with Crippen LogP contribution in [0.1, 0.15) is 51.4 Å². The van der Waals surface area contributed by atoms with Crippen molar-refractivity contribution in [1.82, 2.24) is 14.0 Å². The Morgan fingerprint density at radius 1 is 1.00 bits per heavy atom. The van der Waals surface area contributed by atoms with E-state index in [0.29, 0.717) is 44.4 Å². The molecule has 206 valence electrons. The largest absolute Gasteiger partial charge is 0.497 e. The van der Waals surface area contributed by atoms with Crippen LogP contribution in [0.15, 0.2) is 80.5 Å². The van der Waals surface area contributed by atoms with Gasteiger partial charge in [-0.05, 0) is 82.0 Å². The summed E-state index contributed by atoms with van der Waals surface area (Å²) in [5.41, 5.74) is 2.54. The summed E-state index contributed by atoms with van der Waals surface area (Å²) in [7, 11) is 1.57. The summed E-state index contributed by atoms with van der Waals surface area (Å²) in [6.45, 7) is 2.72. The van der Waals surface area contributed by atoms with Crippen LogP contribution in [-0.4, -0.2) is 39.4 Å². The first-order valence-corrected chi connectivity index (χ1v) is 14.7. The predicted molar refractivity (Wildman–Crippen MR) is 162 cm³/mol. The van der Waals surface area contributed by atoms with Crippen LogP contribution in [-0.2, 0) is 13.1 Å². The SMILES string of the molecule is COc1ccc(-n2c(C(=O)C[C@H](C)c3ccc(Br)cc3)c3n(c2=O)CCN(C(=O)c2ccc(Br)c(Cl)c2)C3)cc1. The lowest BCUT2D eigenvalue weighted by atomic mass is 9.94. The lowest BCUT2D eigenvalue weighted by molar-refractivity contribution is 0.0706. The van der Waals surface area contributed by atoms with Crippen LogP contribution in [0.5, 0.6) is 5.75 Å². The van der Waals surface area contributed by atoms with Crippen molar-refractivity contribution in [3.8, 4) is 11.4 Å². The van der Waals surface area contributed by atoms with Crippen molar-refractivity contribution in [3.63, 3.8) is 0 Å². The summed E-state index contributed by atoms with van der Waals surface area (Å²) < 4.78 is 10.0. The highest BCUT2D eigenvalue weighted by Gasteiger charge is 2.32. The summed E-state index contributed by atoms with van der Waals surface area (Å²) in [6.07, 6.45) is 0.199. The maximum atomic E-state index is 14.0. The molecule has 1 atom stereocenters. The molecule has 3 aromatic carbocycles. The lowest BCUT2D eigenvalue weighted by Crippen LogP contribution is -2.41. The molecular weight excluding hydrogens is 662 g/mol. The first-order chi connectivity index (χ1) is 19.2. The van der Waals surface area contributed by atoms with Crippen molar-refractivity contribution in [1.29, 1.82) is 0 Å². The van der Waals surface area contributed by atoms with E-state index in [1.807, 2.05) is 31.2 Å². The molecule has 7 nitrogen and oxygen atoms in total. The molecule has 1 amide bonds. The van der Waals surface area contributed by atoms with Gasteiger partial charge in [-0.1, -0.05) is 46.6 Å². The van der Waals surface area contributed by atoms with Gasteiger partial charge in [0.1, 0.15) is 11.4 Å². The molecule has 10 heteroatoms. The molecule has 0 fully saturated rings. The Labute approximate surface area is 253 Å². The van der Waals surface area contributed by atoms with Crippen molar-refractivity contribution < 1.29 is 14.3 Å². The standard InChI is InChI=1S/C30H26Br2ClN3O4/c1-18(19-3-6-21(31)7-4-19)15-27(37)28-26-17-34(29(38)20-5-12-24(32)25(33)16-20)13-14-35(26)30(39)36(28)22-8-10-23(40-2)11-9-22/h3-12,16,18H,13-15,17H2,1-2H3/t18-/m0/s1. The van der Waals surface area contributed by atoms with Crippen molar-refractivity contribution in [2.45, 2.75) is 32.4 Å². The fraction of sp³-hybridized carbons (Fsp3) is 0.233. The van der Waals surface area contributed by atoms with Crippen molar-refractivity contribution in [3.05, 3.63) is 114 Å². The average Bonchev–Trinajstić information content (AvgIpc) is 3.26. The molecule has 1 aliphatic heterocycles. The van der Waals surface area contributed by atoms with E-state index < -0.39 is 0 Å². The average molecular weight is 688 g/mol. The van der Waals surface area contributed by atoms with Gasteiger partial charge >= 0.3 is 5.69 Å². The number of methoxy groups -OCH3 is 1. The Kier molecular flexibility index (Phi) is 8.35. The second-order valence-corrected chi connectivity index (χ2v) is 11.9. The molecule has 1 aromatic heterocycles. The number of rotatable bonds is 7. The maximum Gasteiger partial charge on any atom is 0.333 e. The van der Waals surface area contributed by atoms with Crippen molar-refractivity contribution >= 4 is 55.2 Å². The number of hydrogen-bond acceptors (Lipinski definition) is 4. The number of carbonyl (C=O) groups excluding carboxylic acids is 2. The molecule has 2 heterocycles. The summed E-state index contributed by atoms with van der Waals surface area (Å²) >= 11 is 13.1. The highest BCUT2D eigenvalue weighted by molar-refractivity contribution is 9.10. The van der Waals surface area contributed by atoms with Crippen LogP contribution in [0.4, 0.5) is 0 Å². The van der Waals surface area contributed by atoms with E-state index in [0.717, 1.165) is 10.0 Å². The van der Waals surface area contributed by atoms with E-state index in [1.165, 1.54) is 4.57 Å². The second-order valence-electron chi connectivity index (χ2n) is 9.70. The van der Waals surface area contributed by atoms with E-state index in [9.17, 15) is 14.4 Å². The molecule has 40 heavy (non-hydrogen) atoms. The third-order valence-corrected chi connectivity index (χ3v) is 8.92. The molecular formula is C30H26Br2ClN3O4. The van der Waals surface area contributed by atoms with Crippen LogP contribution in [0.2, 0.25) is 5.02 Å². The number of hydrogen-bond donors (Lipinski definition) is 0. The molecule has 0 aliphatic carbocycles. The number of ketones is 1. The van der Waals surface area contributed by atoms with Gasteiger partial charge < -0.3 is 9.64 Å². The third kappa shape index (κ3) is 5.55. The zero-order valence-electron chi connectivity index (χ0n) is 21.9. The van der Waals surface area contributed by atoms with Gasteiger partial charge in [0.2, 0.25) is 0 Å². The van der Waals surface area contributed by atoms with Gasteiger partial charge in [-0.3, -0.25) is 18.7 Å². The molecule has 1 aliphatic rings. The number of ether oxygens (including phenoxy) is 1. The van der Waals surface area contributed by atoms with E-state index in [2.05, 4.69) is 31.9 Å². The Hall–Kier alpha value is -3.14. The number of benzene rings is 3. The normalized spacial score (nSPS) is 13.6. The van der Waals surface area contributed by atoms with Gasteiger partial charge in [0, 0.05) is 34.0 Å². The number of nitrogens with zero attached hydrogens (tertiary/aromatic N) is 3. The monoisotopic (exact) mass is 685 g/mol. The number of amides is 1. The van der Waals surface area contributed by atoms with E-state index >= 15 is 0 Å². The Morgan fingerprint density at radius 2 is 1.70 bits per heavy atom. The Bertz CT molecular complexity index is 1650. The fourth-order valence-corrected chi connectivity index (χ4v) is 5.68. The van der Waals surface area contributed by atoms with Gasteiger partial charge in [0.05, 0.1) is 30.1 Å². The summed E-state index contributed by atoms with van der Waals surface area (Å²) in [4.78, 5) is 42.8. The molecule has 0 spiro atoms.